The van der Waals surface area contributed by atoms with Crippen LogP contribution >= 0.6 is 11.5 Å². The van der Waals surface area contributed by atoms with Gasteiger partial charge in [-0.1, -0.05) is 0 Å². The number of sulfone groups is 1. The van der Waals surface area contributed by atoms with E-state index in [1.54, 1.807) is 12.3 Å². The molecular formula is C20H30N6O2S2. The van der Waals surface area contributed by atoms with E-state index in [1.165, 1.54) is 43.5 Å². The third kappa shape index (κ3) is 4.69. The minimum Gasteiger partial charge on any atom is -0.370 e. The van der Waals surface area contributed by atoms with Crippen LogP contribution in [-0.2, 0) is 9.84 Å². The van der Waals surface area contributed by atoms with Crippen molar-refractivity contribution in [3.63, 3.8) is 0 Å². The molecule has 0 spiro atoms. The van der Waals surface area contributed by atoms with Crippen molar-refractivity contribution in [3.05, 3.63) is 18.3 Å². The van der Waals surface area contributed by atoms with Crippen molar-refractivity contribution < 1.29 is 8.42 Å². The van der Waals surface area contributed by atoms with Gasteiger partial charge in [0.1, 0.15) is 0 Å². The molecular weight excluding hydrogens is 420 g/mol. The van der Waals surface area contributed by atoms with E-state index in [0.717, 1.165) is 54.8 Å². The summed E-state index contributed by atoms with van der Waals surface area (Å²) in [5.41, 5.74) is 1.02. The van der Waals surface area contributed by atoms with Gasteiger partial charge in [0.2, 0.25) is 11.1 Å². The van der Waals surface area contributed by atoms with Crippen molar-refractivity contribution in [2.45, 2.75) is 30.7 Å². The quantitative estimate of drug-likeness (QED) is 0.687. The van der Waals surface area contributed by atoms with E-state index in [-0.39, 0.29) is 5.03 Å². The Labute approximate surface area is 183 Å². The highest BCUT2D eigenvalue weighted by molar-refractivity contribution is 7.90. The zero-order valence-corrected chi connectivity index (χ0v) is 19.5. The van der Waals surface area contributed by atoms with Crippen LogP contribution in [0.1, 0.15) is 25.7 Å². The van der Waals surface area contributed by atoms with Crippen molar-refractivity contribution in [1.29, 1.82) is 0 Å². The van der Waals surface area contributed by atoms with Crippen LogP contribution in [0.25, 0.3) is 0 Å². The van der Waals surface area contributed by atoms with Crippen LogP contribution in [0.2, 0.25) is 0 Å². The van der Waals surface area contributed by atoms with Crippen molar-refractivity contribution in [2.75, 3.05) is 61.2 Å². The molecule has 0 saturated carbocycles. The summed E-state index contributed by atoms with van der Waals surface area (Å²) in [5.74, 6) is 2.33. The number of pyridine rings is 1. The maximum Gasteiger partial charge on any atom is 0.238 e. The van der Waals surface area contributed by atoms with Crippen LogP contribution in [0.4, 0.5) is 16.8 Å². The van der Waals surface area contributed by atoms with Crippen molar-refractivity contribution in [1.82, 2.24) is 14.3 Å². The molecule has 2 aliphatic heterocycles. The van der Waals surface area contributed by atoms with Gasteiger partial charge in [0.25, 0.3) is 0 Å². The first kappa shape index (κ1) is 21.3. The van der Waals surface area contributed by atoms with E-state index in [2.05, 4.69) is 24.1 Å². The first-order valence-electron chi connectivity index (χ1n) is 10.5. The second-order valence-corrected chi connectivity index (χ2v) is 11.2. The van der Waals surface area contributed by atoms with Gasteiger partial charge in [0.05, 0.1) is 11.9 Å². The number of rotatable bonds is 5. The fourth-order valence-corrected chi connectivity index (χ4v) is 5.84. The van der Waals surface area contributed by atoms with Crippen LogP contribution in [0, 0.1) is 11.8 Å². The van der Waals surface area contributed by atoms with E-state index in [1.807, 2.05) is 25.1 Å². The van der Waals surface area contributed by atoms with Gasteiger partial charge in [-0.2, -0.15) is 9.36 Å². The molecule has 0 bridgehead atoms. The molecule has 0 unspecified atom stereocenters. The molecule has 30 heavy (non-hydrogen) atoms. The van der Waals surface area contributed by atoms with Crippen molar-refractivity contribution >= 4 is 38.1 Å². The Morgan fingerprint density at radius 2 is 1.60 bits per heavy atom. The zero-order chi connectivity index (χ0) is 21.3. The predicted octanol–water partition coefficient (Wildman–Crippen LogP) is 2.54. The lowest BCUT2D eigenvalue weighted by atomic mass is 9.79. The fourth-order valence-electron chi connectivity index (χ4n) is 4.49. The Bertz CT molecular complexity index is 944. The molecule has 2 fully saturated rings. The van der Waals surface area contributed by atoms with Gasteiger partial charge < -0.3 is 14.7 Å². The average molecular weight is 451 g/mol. The normalized spacial score (nSPS) is 19.3. The molecule has 164 valence electrons. The summed E-state index contributed by atoms with van der Waals surface area (Å²) in [6, 6.07) is 3.49. The van der Waals surface area contributed by atoms with Crippen LogP contribution < -0.4 is 14.7 Å². The minimum absolute atomic E-state index is 0.140. The Kier molecular flexibility index (Phi) is 6.15. The smallest absolute Gasteiger partial charge is 0.238 e. The molecule has 4 rings (SSSR count). The third-order valence-electron chi connectivity index (χ3n) is 6.29. The van der Waals surface area contributed by atoms with Crippen LogP contribution in [0.5, 0.6) is 0 Å². The number of nitrogens with zero attached hydrogens (tertiary/aromatic N) is 6. The lowest BCUT2D eigenvalue weighted by Crippen LogP contribution is -2.41. The van der Waals surface area contributed by atoms with Crippen LogP contribution in [0.3, 0.4) is 0 Å². The second kappa shape index (κ2) is 8.66. The zero-order valence-electron chi connectivity index (χ0n) is 17.9. The molecule has 0 N–H and O–H groups in total. The SMILES string of the molecule is CN(C)c1nsc(N2CCC(C3CCN(c4ccc(S(C)(=O)=O)nc4)CC3)CC2)n1. The first-order valence-corrected chi connectivity index (χ1v) is 13.1. The van der Waals surface area contributed by atoms with Gasteiger partial charge in [-0.15, -0.1) is 0 Å². The molecule has 0 aromatic carbocycles. The lowest BCUT2D eigenvalue weighted by molar-refractivity contribution is 0.233. The molecule has 2 aromatic heterocycles. The minimum atomic E-state index is -3.24. The molecule has 0 amide bonds. The Balaban J connectivity index is 1.28. The summed E-state index contributed by atoms with van der Waals surface area (Å²) >= 11 is 1.49. The maximum atomic E-state index is 11.6. The highest BCUT2D eigenvalue weighted by atomic mass is 32.2. The lowest BCUT2D eigenvalue weighted by Gasteiger charge is -2.40. The third-order valence-corrected chi connectivity index (χ3v) is 8.06. The maximum absolute atomic E-state index is 11.6. The largest absolute Gasteiger partial charge is 0.370 e. The number of aromatic nitrogens is 3. The highest BCUT2D eigenvalue weighted by Crippen LogP contribution is 2.35. The number of piperidine rings is 2. The molecule has 4 heterocycles. The molecule has 2 aliphatic rings. The van der Waals surface area contributed by atoms with E-state index in [0.29, 0.717) is 0 Å². The summed E-state index contributed by atoms with van der Waals surface area (Å²) in [6.07, 6.45) is 7.68. The molecule has 2 aromatic rings. The standard InChI is InChI=1S/C20H30N6O2S2/c1-24(2)19-22-20(29-23-19)26-12-8-16(9-13-26)15-6-10-25(11-7-15)17-4-5-18(21-14-17)30(3,27)28/h4-5,14-16H,6-13H2,1-3H3. The molecule has 2 saturated heterocycles. The summed E-state index contributed by atoms with van der Waals surface area (Å²) in [4.78, 5) is 15.4. The van der Waals surface area contributed by atoms with Gasteiger partial charge >= 0.3 is 0 Å². The Morgan fingerprint density at radius 3 is 2.07 bits per heavy atom. The number of hydrogen-bond donors (Lipinski definition) is 0. The van der Waals surface area contributed by atoms with E-state index < -0.39 is 9.84 Å². The summed E-state index contributed by atoms with van der Waals surface area (Å²) in [6.45, 7) is 4.13. The number of anilines is 3. The molecule has 0 radical (unpaired) electrons. The Morgan fingerprint density at radius 1 is 1.00 bits per heavy atom. The first-order chi connectivity index (χ1) is 14.3. The van der Waals surface area contributed by atoms with E-state index in [4.69, 9.17) is 0 Å². The van der Waals surface area contributed by atoms with Crippen molar-refractivity contribution in [2.24, 2.45) is 11.8 Å². The summed E-state index contributed by atoms with van der Waals surface area (Å²) < 4.78 is 27.6. The second-order valence-electron chi connectivity index (χ2n) is 8.55. The van der Waals surface area contributed by atoms with Gasteiger partial charge in [-0.3, -0.25) is 0 Å². The van der Waals surface area contributed by atoms with Gasteiger partial charge in [0, 0.05) is 58.1 Å². The fraction of sp³-hybridized carbons (Fsp3) is 0.650. The molecule has 10 heteroatoms. The Hall–Kier alpha value is -1.94. The van der Waals surface area contributed by atoms with Gasteiger partial charge in [0.15, 0.2) is 14.9 Å². The summed E-state index contributed by atoms with van der Waals surface area (Å²) in [7, 11) is 0.701. The number of hydrogen-bond acceptors (Lipinski definition) is 9. The van der Waals surface area contributed by atoms with E-state index >= 15 is 0 Å². The van der Waals surface area contributed by atoms with Crippen LogP contribution in [0.15, 0.2) is 23.4 Å². The molecule has 0 atom stereocenters. The topological polar surface area (TPSA) is 82.5 Å². The van der Waals surface area contributed by atoms with Gasteiger partial charge in [-0.05, 0) is 49.7 Å². The molecule has 0 aliphatic carbocycles. The predicted molar refractivity (Wildman–Crippen MR) is 121 cm³/mol. The average Bonchev–Trinajstić information content (AvgIpc) is 3.24. The molecule has 8 nitrogen and oxygen atoms in total. The van der Waals surface area contributed by atoms with Crippen molar-refractivity contribution in [3.8, 4) is 0 Å². The van der Waals surface area contributed by atoms with Crippen LogP contribution in [-0.4, -0.2) is 69.3 Å². The highest BCUT2D eigenvalue weighted by Gasteiger charge is 2.30. The monoisotopic (exact) mass is 450 g/mol. The summed E-state index contributed by atoms with van der Waals surface area (Å²) in [5, 5.41) is 1.18. The van der Waals surface area contributed by atoms with Gasteiger partial charge in [-0.25, -0.2) is 13.4 Å². The van der Waals surface area contributed by atoms with E-state index in [9.17, 15) is 8.42 Å².